The Morgan fingerprint density at radius 2 is 1.66 bits per heavy atom. The van der Waals surface area contributed by atoms with E-state index in [1.807, 2.05) is 0 Å². The molecule has 0 spiro atoms. The lowest BCUT2D eigenvalue weighted by atomic mass is 9.86. The third-order valence-corrected chi connectivity index (χ3v) is 8.40. The average molecular weight is 584 g/mol. The van der Waals surface area contributed by atoms with E-state index in [0.29, 0.717) is 32.5 Å². The number of benzene rings is 2. The van der Waals surface area contributed by atoms with Gasteiger partial charge in [0.1, 0.15) is 11.7 Å². The molecule has 2 heterocycles. The standard InChI is InChI=1S/C25H27Cl2N3O7S/c26-16-12-17(27)14-19(13-16)38(35,36)29-22(21(24(32)33)23(31)20-4-3-9-28-20)15-5-7-18(8-6-15)37-25(34)30-10-1-2-11-30/h5-8,12-14,20-22,28-29H,1-4,9-11H2,(H,32,33)/t20?,21-,22-/m0/s1. The zero-order valence-electron chi connectivity index (χ0n) is 20.2. The number of likely N-dealkylation sites (tertiary alicyclic amines) is 1. The van der Waals surface area contributed by atoms with Gasteiger partial charge in [-0.1, -0.05) is 35.3 Å². The quantitative estimate of drug-likeness (QED) is 0.380. The molecule has 2 aromatic rings. The van der Waals surface area contributed by atoms with Gasteiger partial charge in [-0.05, 0) is 68.1 Å². The summed E-state index contributed by atoms with van der Waals surface area (Å²) in [6.07, 6.45) is 2.42. The van der Waals surface area contributed by atoms with E-state index >= 15 is 0 Å². The summed E-state index contributed by atoms with van der Waals surface area (Å²) in [6.45, 7) is 1.76. The fourth-order valence-electron chi connectivity index (χ4n) is 4.63. The van der Waals surface area contributed by atoms with Gasteiger partial charge in [-0.3, -0.25) is 9.59 Å². The van der Waals surface area contributed by atoms with Gasteiger partial charge in [0.25, 0.3) is 0 Å². The first-order valence-corrected chi connectivity index (χ1v) is 14.3. The molecular weight excluding hydrogens is 557 g/mol. The van der Waals surface area contributed by atoms with Gasteiger partial charge < -0.3 is 20.1 Å². The summed E-state index contributed by atoms with van der Waals surface area (Å²) >= 11 is 12.0. The lowest BCUT2D eigenvalue weighted by Crippen LogP contribution is -2.46. The van der Waals surface area contributed by atoms with Crippen LogP contribution in [0.3, 0.4) is 0 Å². The van der Waals surface area contributed by atoms with E-state index in [0.717, 1.165) is 12.8 Å². The molecule has 13 heteroatoms. The van der Waals surface area contributed by atoms with E-state index in [9.17, 15) is 27.9 Å². The SMILES string of the molecule is O=C(O)[C@H](C(=O)C1CCCN1)[C@@H](NS(=O)(=O)c1cc(Cl)cc(Cl)c1)c1ccc(OC(=O)N2CCCC2)cc1. The molecule has 1 unspecified atom stereocenters. The van der Waals surface area contributed by atoms with Crippen molar-refractivity contribution >= 4 is 51.1 Å². The Labute approximate surface area is 230 Å². The highest BCUT2D eigenvalue weighted by Crippen LogP contribution is 2.31. The number of halogens is 2. The number of nitrogens with zero attached hydrogens (tertiary/aromatic N) is 1. The van der Waals surface area contributed by atoms with Crippen LogP contribution in [0, 0.1) is 5.92 Å². The zero-order chi connectivity index (χ0) is 27.4. The molecule has 204 valence electrons. The van der Waals surface area contributed by atoms with Crippen molar-refractivity contribution in [3.63, 3.8) is 0 Å². The number of hydrogen-bond donors (Lipinski definition) is 3. The molecule has 0 aliphatic carbocycles. The second kappa shape index (κ2) is 12.0. The van der Waals surface area contributed by atoms with Gasteiger partial charge >= 0.3 is 12.1 Å². The minimum Gasteiger partial charge on any atom is -0.481 e. The van der Waals surface area contributed by atoms with Crippen LogP contribution in [0.1, 0.15) is 37.3 Å². The number of ketones is 1. The number of sulfonamides is 1. The first-order chi connectivity index (χ1) is 18.0. The maximum Gasteiger partial charge on any atom is 0.415 e. The van der Waals surface area contributed by atoms with E-state index in [2.05, 4.69) is 10.0 Å². The summed E-state index contributed by atoms with van der Waals surface area (Å²) in [6, 6.07) is 7.21. The molecule has 2 aliphatic heterocycles. The zero-order valence-corrected chi connectivity index (χ0v) is 22.6. The average Bonchev–Trinajstić information content (AvgIpc) is 3.58. The number of Topliss-reactive ketones (excluding diaryl/α,β-unsaturated/α-hetero) is 1. The minimum atomic E-state index is -4.38. The molecule has 3 atom stereocenters. The Hall–Kier alpha value is -2.70. The molecule has 3 N–H and O–H groups in total. The van der Waals surface area contributed by atoms with Crippen LogP contribution in [-0.2, 0) is 19.6 Å². The third-order valence-electron chi connectivity index (χ3n) is 6.55. The van der Waals surface area contributed by atoms with Crippen molar-refractivity contribution in [1.82, 2.24) is 14.9 Å². The summed E-state index contributed by atoms with van der Waals surface area (Å²) in [4.78, 5) is 39.3. The molecule has 1 amide bonds. The second-order valence-corrected chi connectivity index (χ2v) is 11.8. The summed E-state index contributed by atoms with van der Waals surface area (Å²) in [5.74, 6) is -3.67. The molecule has 2 saturated heterocycles. The Morgan fingerprint density at radius 3 is 2.21 bits per heavy atom. The number of amides is 1. The number of ether oxygens (including phenoxy) is 1. The van der Waals surface area contributed by atoms with Crippen LogP contribution < -0.4 is 14.8 Å². The summed E-state index contributed by atoms with van der Waals surface area (Å²) < 4.78 is 34.4. The van der Waals surface area contributed by atoms with Crippen molar-refractivity contribution in [2.75, 3.05) is 19.6 Å². The number of carbonyl (C=O) groups excluding carboxylic acids is 2. The molecule has 0 radical (unpaired) electrons. The molecule has 2 fully saturated rings. The van der Waals surface area contributed by atoms with Crippen LogP contribution in [0.15, 0.2) is 47.4 Å². The smallest absolute Gasteiger partial charge is 0.415 e. The fraction of sp³-hybridized carbons (Fsp3) is 0.400. The fourth-order valence-corrected chi connectivity index (χ4v) is 6.59. The third kappa shape index (κ3) is 6.65. The molecule has 2 aliphatic rings. The van der Waals surface area contributed by atoms with Crippen molar-refractivity contribution < 1.29 is 32.6 Å². The first kappa shape index (κ1) is 28.3. The van der Waals surface area contributed by atoms with E-state index in [1.165, 1.54) is 42.5 Å². The minimum absolute atomic E-state index is 0.0691. The van der Waals surface area contributed by atoms with Gasteiger partial charge in [0.05, 0.1) is 17.0 Å². The van der Waals surface area contributed by atoms with E-state index < -0.39 is 45.9 Å². The number of carboxylic acid groups (broad SMARTS) is 1. The predicted octanol–water partition coefficient (Wildman–Crippen LogP) is 3.63. The maximum absolute atomic E-state index is 13.3. The normalized spacial score (nSPS) is 19.2. The van der Waals surface area contributed by atoms with Crippen molar-refractivity contribution in [2.24, 2.45) is 5.92 Å². The van der Waals surface area contributed by atoms with E-state index in [-0.39, 0.29) is 26.3 Å². The van der Waals surface area contributed by atoms with Gasteiger partial charge in [0.2, 0.25) is 10.0 Å². The van der Waals surface area contributed by atoms with E-state index in [1.54, 1.807) is 4.90 Å². The molecule has 0 bridgehead atoms. The van der Waals surface area contributed by atoms with Gasteiger partial charge in [0, 0.05) is 23.1 Å². The Kier molecular flexibility index (Phi) is 8.94. The second-order valence-electron chi connectivity index (χ2n) is 9.20. The molecule has 4 rings (SSSR count). The van der Waals surface area contributed by atoms with Crippen LogP contribution in [0.2, 0.25) is 10.0 Å². The van der Waals surface area contributed by atoms with Crippen molar-refractivity contribution in [3.05, 3.63) is 58.1 Å². The van der Waals surface area contributed by atoms with Crippen LogP contribution in [-0.4, -0.2) is 61.9 Å². The predicted molar refractivity (Wildman–Crippen MR) is 140 cm³/mol. The number of rotatable bonds is 9. The topological polar surface area (TPSA) is 142 Å². The Balaban J connectivity index is 1.67. The highest BCUT2D eigenvalue weighted by molar-refractivity contribution is 7.89. The van der Waals surface area contributed by atoms with Gasteiger partial charge in [0.15, 0.2) is 5.78 Å². The van der Waals surface area contributed by atoms with Gasteiger partial charge in [-0.15, -0.1) is 0 Å². The number of carboxylic acids is 1. The lowest BCUT2D eigenvalue weighted by Gasteiger charge is -2.27. The molecule has 38 heavy (non-hydrogen) atoms. The van der Waals surface area contributed by atoms with Crippen LogP contribution in [0.4, 0.5) is 4.79 Å². The number of aliphatic carboxylic acids is 1. The molecule has 0 saturated carbocycles. The van der Waals surface area contributed by atoms with Crippen LogP contribution in [0.25, 0.3) is 0 Å². The molecule has 2 aromatic carbocycles. The summed E-state index contributed by atoms with van der Waals surface area (Å²) in [5, 5.41) is 13.2. The molecule has 10 nitrogen and oxygen atoms in total. The van der Waals surface area contributed by atoms with Gasteiger partial charge in [-0.25, -0.2) is 17.9 Å². The highest BCUT2D eigenvalue weighted by atomic mass is 35.5. The monoisotopic (exact) mass is 583 g/mol. The lowest BCUT2D eigenvalue weighted by molar-refractivity contribution is -0.148. The molecule has 0 aromatic heterocycles. The highest BCUT2D eigenvalue weighted by Gasteiger charge is 2.42. The maximum atomic E-state index is 13.3. The number of nitrogens with one attached hydrogen (secondary N) is 2. The van der Waals surface area contributed by atoms with Crippen molar-refractivity contribution in [2.45, 2.75) is 42.7 Å². The van der Waals surface area contributed by atoms with E-state index in [4.69, 9.17) is 27.9 Å². The van der Waals surface area contributed by atoms with Crippen molar-refractivity contribution in [1.29, 1.82) is 0 Å². The summed E-state index contributed by atoms with van der Waals surface area (Å²) in [7, 11) is -4.38. The van der Waals surface area contributed by atoms with Crippen molar-refractivity contribution in [3.8, 4) is 5.75 Å². The number of carbonyl (C=O) groups is 3. The number of hydrogen-bond acceptors (Lipinski definition) is 7. The largest absolute Gasteiger partial charge is 0.481 e. The van der Waals surface area contributed by atoms with Crippen LogP contribution >= 0.6 is 23.2 Å². The van der Waals surface area contributed by atoms with Gasteiger partial charge in [-0.2, -0.15) is 0 Å². The first-order valence-electron chi connectivity index (χ1n) is 12.1. The Bertz CT molecular complexity index is 1290. The summed E-state index contributed by atoms with van der Waals surface area (Å²) in [5.41, 5.74) is 0.196. The molecular formula is C25H27Cl2N3O7S. The Morgan fingerprint density at radius 1 is 1.03 bits per heavy atom. The van der Waals surface area contributed by atoms with Crippen LogP contribution in [0.5, 0.6) is 5.75 Å².